The molecule has 1 N–H and O–H groups in total. The van der Waals surface area contributed by atoms with E-state index in [0.29, 0.717) is 36.3 Å². The summed E-state index contributed by atoms with van der Waals surface area (Å²) in [5.41, 5.74) is -4.52. The Kier molecular flexibility index (Phi) is 5.53. The molecule has 9 atom stereocenters. The Balaban J connectivity index is 1.44. The molecule has 8 nitrogen and oxygen atoms in total. The number of carbonyl (C=O) groups is 2. The van der Waals surface area contributed by atoms with Crippen molar-refractivity contribution in [1.29, 1.82) is 5.26 Å². The van der Waals surface area contributed by atoms with Crippen molar-refractivity contribution >= 4 is 11.6 Å². The molecular formula is C29H31FN2O6. The maximum absolute atomic E-state index is 17.5. The summed E-state index contributed by atoms with van der Waals surface area (Å²) in [6, 6.07) is 5.41. The van der Waals surface area contributed by atoms with Gasteiger partial charge in [0.25, 0.3) is 0 Å². The number of nitrogens with zero attached hydrogens (tertiary/aromatic N) is 2. The van der Waals surface area contributed by atoms with Gasteiger partial charge in [0.05, 0.1) is 37.4 Å². The molecule has 1 aromatic heterocycles. The van der Waals surface area contributed by atoms with E-state index in [1.165, 1.54) is 19.3 Å². The van der Waals surface area contributed by atoms with Crippen molar-refractivity contribution in [1.82, 2.24) is 4.98 Å². The van der Waals surface area contributed by atoms with E-state index in [1.54, 1.807) is 31.3 Å². The predicted molar refractivity (Wildman–Crippen MR) is 131 cm³/mol. The van der Waals surface area contributed by atoms with E-state index in [-0.39, 0.29) is 18.1 Å². The fourth-order valence-corrected chi connectivity index (χ4v) is 8.55. The molecule has 0 aromatic carbocycles. The number of alkyl halides is 1. The fourth-order valence-electron chi connectivity index (χ4n) is 8.55. The minimum atomic E-state index is -2.04. The minimum Gasteiger partial charge on any atom is -0.481 e. The molecule has 0 spiro atoms. The van der Waals surface area contributed by atoms with Crippen LogP contribution in [0, 0.1) is 34.0 Å². The Hall–Kier alpha value is -2.93. The van der Waals surface area contributed by atoms with Crippen LogP contribution in [0.15, 0.2) is 42.1 Å². The first-order valence-electron chi connectivity index (χ1n) is 13.1. The van der Waals surface area contributed by atoms with Crippen molar-refractivity contribution in [3.63, 3.8) is 0 Å². The quantitative estimate of drug-likeness (QED) is 0.636. The van der Waals surface area contributed by atoms with Crippen LogP contribution in [0.4, 0.5) is 4.39 Å². The molecule has 0 radical (unpaired) electrons. The summed E-state index contributed by atoms with van der Waals surface area (Å²) in [6.07, 6.45) is 3.75. The molecule has 2 heterocycles. The van der Waals surface area contributed by atoms with Gasteiger partial charge in [0.15, 0.2) is 29.1 Å². The Labute approximate surface area is 220 Å². The number of fused-ring (bicyclic) bond motifs is 7. The molecule has 3 saturated carbocycles. The molecule has 200 valence electrons. The molecule has 9 heteroatoms. The van der Waals surface area contributed by atoms with Crippen LogP contribution in [0.3, 0.4) is 0 Å². The SMILES string of the molecule is COc1ncccc1C1O[C@@H]2C[C@H]3[C@@H]4CCC5=CC(=O)C=C[C@]5(C)[C@@]4(F)[C@@H](O)C[C@]3(C)[C@]2(C(=O)CC#N)O1. The number of hydrogen-bond donors (Lipinski definition) is 1. The first-order valence-corrected chi connectivity index (χ1v) is 13.1. The molecule has 4 fully saturated rings. The third kappa shape index (κ3) is 2.91. The van der Waals surface area contributed by atoms with Gasteiger partial charge >= 0.3 is 0 Å². The first kappa shape index (κ1) is 25.4. The summed E-state index contributed by atoms with van der Waals surface area (Å²) in [5, 5.41) is 21.1. The zero-order valence-corrected chi connectivity index (χ0v) is 21.6. The van der Waals surface area contributed by atoms with Gasteiger partial charge in [-0.3, -0.25) is 9.59 Å². The van der Waals surface area contributed by atoms with Gasteiger partial charge in [-0.2, -0.15) is 5.26 Å². The van der Waals surface area contributed by atoms with E-state index >= 15 is 4.39 Å². The lowest BCUT2D eigenvalue weighted by molar-refractivity contribution is -0.230. The summed E-state index contributed by atoms with van der Waals surface area (Å²) >= 11 is 0. The van der Waals surface area contributed by atoms with Crippen molar-refractivity contribution in [2.75, 3.05) is 7.11 Å². The van der Waals surface area contributed by atoms with Crippen LogP contribution in [0.1, 0.15) is 57.8 Å². The predicted octanol–water partition coefficient (Wildman–Crippen LogP) is 3.71. The number of pyridine rings is 1. The molecule has 5 aliphatic rings. The van der Waals surface area contributed by atoms with Crippen LogP contribution in [-0.4, -0.2) is 52.2 Å². The first-order chi connectivity index (χ1) is 18.1. The number of aliphatic hydroxyl groups excluding tert-OH is 1. The Morgan fingerprint density at radius 2 is 2.16 bits per heavy atom. The van der Waals surface area contributed by atoms with Gasteiger partial charge in [-0.1, -0.05) is 18.6 Å². The van der Waals surface area contributed by atoms with Gasteiger partial charge in [0.2, 0.25) is 5.88 Å². The van der Waals surface area contributed by atoms with Gasteiger partial charge in [-0.05, 0) is 62.8 Å². The lowest BCUT2D eigenvalue weighted by Crippen LogP contribution is -2.69. The maximum atomic E-state index is 17.5. The average molecular weight is 523 g/mol. The number of aromatic nitrogens is 1. The van der Waals surface area contributed by atoms with Crippen LogP contribution in [0.25, 0.3) is 0 Å². The van der Waals surface area contributed by atoms with Gasteiger partial charge in [-0.15, -0.1) is 0 Å². The Morgan fingerprint density at radius 1 is 1.37 bits per heavy atom. The highest BCUT2D eigenvalue weighted by molar-refractivity contribution is 6.01. The highest BCUT2D eigenvalue weighted by Crippen LogP contribution is 2.72. The van der Waals surface area contributed by atoms with E-state index in [2.05, 4.69) is 4.98 Å². The molecule has 0 bridgehead atoms. The van der Waals surface area contributed by atoms with Gasteiger partial charge in [-0.25, -0.2) is 9.37 Å². The maximum Gasteiger partial charge on any atom is 0.221 e. The number of carbonyl (C=O) groups excluding carboxylic acids is 2. The van der Waals surface area contributed by atoms with Crippen molar-refractivity contribution in [3.05, 3.63) is 47.7 Å². The number of ketones is 2. The number of halogens is 1. The lowest BCUT2D eigenvalue weighted by atomic mass is 9.44. The topological polar surface area (TPSA) is 119 Å². The van der Waals surface area contributed by atoms with E-state index in [0.717, 1.165) is 0 Å². The summed E-state index contributed by atoms with van der Waals surface area (Å²) in [7, 11) is 1.48. The number of allylic oxidation sites excluding steroid dienone is 4. The van der Waals surface area contributed by atoms with Crippen molar-refractivity contribution in [3.8, 4) is 11.9 Å². The lowest BCUT2D eigenvalue weighted by Gasteiger charge is -2.62. The van der Waals surface area contributed by atoms with Crippen LogP contribution in [0.5, 0.6) is 5.88 Å². The van der Waals surface area contributed by atoms with Crippen LogP contribution in [0.2, 0.25) is 0 Å². The molecule has 0 amide bonds. The van der Waals surface area contributed by atoms with E-state index < -0.39 is 58.7 Å². The second-order valence-corrected chi connectivity index (χ2v) is 11.7. The van der Waals surface area contributed by atoms with Crippen LogP contribution < -0.4 is 4.74 Å². The number of aliphatic hydroxyl groups is 1. The summed E-state index contributed by atoms with van der Waals surface area (Å²) in [6.45, 7) is 3.62. The highest BCUT2D eigenvalue weighted by atomic mass is 19.1. The third-order valence-corrected chi connectivity index (χ3v) is 10.3. The van der Waals surface area contributed by atoms with Gasteiger partial charge < -0.3 is 19.3 Å². The molecule has 1 aliphatic heterocycles. The van der Waals surface area contributed by atoms with Gasteiger partial charge in [0, 0.05) is 22.9 Å². The summed E-state index contributed by atoms with van der Waals surface area (Å²) < 4.78 is 35.8. The second-order valence-electron chi connectivity index (χ2n) is 11.7. The number of methoxy groups -OCH3 is 1. The molecule has 1 saturated heterocycles. The normalized spacial score (nSPS) is 44.8. The van der Waals surface area contributed by atoms with E-state index in [1.807, 2.05) is 13.0 Å². The molecule has 1 unspecified atom stereocenters. The standard InChI is InChI=1S/C29H31FN2O6/c1-26-10-8-17(33)13-16(26)6-7-19-20-14-23-29(21(34)9-11-31,27(20,2)15-22(35)28(19,26)30)38-25(37-23)18-5-4-12-32-24(18)36-3/h4-5,8,10,12-13,19-20,22-23,25,35H,6-7,9,14-15H2,1-3H3/t19-,20-,22-,23+,25?,26-,27-,28-,29+/m0/s1. The van der Waals surface area contributed by atoms with Crippen molar-refractivity contribution < 1.29 is 33.3 Å². The largest absolute Gasteiger partial charge is 0.481 e. The minimum absolute atomic E-state index is 0.0523. The molecule has 4 aliphatic carbocycles. The van der Waals surface area contributed by atoms with Crippen LogP contribution in [-0.2, 0) is 19.1 Å². The molecule has 6 rings (SSSR count). The Morgan fingerprint density at radius 3 is 2.89 bits per heavy atom. The molecular weight excluding hydrogens is 491 g/mol. The third-order valence-electron chi connectivity index (χ3n) is 10.3. The molecule has 38 heavy (non-hydrogen) atoms. The van der Waals surface area contributed by atoms with Crippen molar-refractivity contribution in [2.24, 2.45) is 22.7 Å². The summed E-state index contributed by atoms with van der Waals surface area (Å²) in [5.74, 6) is -1.27. The number of hydrogen-bond acceptors (Lipinski definition) is 8. The second kappa shape index (κ2) is 8.28. The highest BCUT2D eigenvalue weighted by Gasteiger charge is 2.79. The zero-order chi connectivity index (χ0) is 27.1. The number of nitriles is 1. The van der Waals surface area contributed by atoms with Crippen LogP contribution >= 0.6 is 0 Å². The van der Waals surface area contributed by atoms with Gasteiger partial charge in [0.1, 0.15) is 0 Å². The Bertz CT molecular complexity index is 1320. The average Bonchev–Trinajstić information content (AvgIpc) is 3.39. The number of Topliss-reactive ketones (excluding diaryl/α,β-unsaturated/α-hetero) is 1. The van der Waals surface area contributed by atoms with E-state index in [9.17, 15) is 20.0 Å². The fraction of sp³-hybridized carbons (Fsp3) is 0.586. The summed E-state index contributed by atoms with van der Waals surface area (Å²) in [4.78, 5) is 30.1. The number of ether oxygens (including phenoxy) is 3. The van der Waals surface area contributed by atoms with Crippen molar-refractivity contribution in [2.45, 2.75) is 75.7 Å². The number of rotatable bonds is 4. The molecule has 1 aromatic rings. The smallest absolute Gasteiger partial charge is 0.221 e. The zero-order valence-electron chi connectivity index (χ0n) is 21.6. The van der Waals surface area contributed by atoms with E-state index in [4.69, 9.17) is 14.2 Å². The monoisotopic (exact) mass is 522 g/mol.